The van der Waals surface area contributed by atoms with Crippen molar-refractivity contribution < 1.29 is 23.9 Å². The first-order chi connectivity index (χ1) is 25.0. The Morgan fingerprint density at radius 1 is 0.745 bits per heavy atom. The van der Waals surface area contributed by atoms with Gasteiger partial charge in [0.15, 0.2) is 11.5 Å². The third-order valence-corrected chi connectivity index (χ3v) is 12.2. The Balaban J connectivity index is 0.962. The monoisotopic (exact) mass is 689 g/mol. The van der Waals surface area contributed by atoms with E-state index in [9.17, 15) is 9.59 Å². The highest BCUT2D eigenvalue weighted by molar-refractivity contribution is 6.16. The van der Waals surface area contributed by atoms with E-state index in [1.54, 1.807) is 7.11 Å². The number of amides is 2. The van der Waals surface area contributed by atoms with Gasteiger partial charge in [0.2, 0.25) is 0 Å². The van der Waals surface area contributed by atoms with Gasteiger partial charge in [0.25, 0.3) is 17.4 Å². The normalized spacial score (nSPS) is 28.8. The van der Waals surface area contributed by atoms with Crippen LogP contribution in [0.25, 0.3) is 0 Å². The smallest absolute Gasteiger partial charge is 0.297 e. The Bertz CT molecular complexity index is 1710. The van der Waals surface area contributed by atoms with Crippen LogP contribution in [0.15, 0.2) is 84.0 Å². The summed E-state index contributed by atoms with van der Waals surface area (Å²) in [5, 5.41) is 4.54. The fourth-order valence-corrected chi connectivity index (χ4v) is 9.53. The molecule has 5 aliphatic heterocycles. The zero-order chi connectivity index (χ0) is 34.5. The van der Waals surface area contributed by atoms with Gasteiger partial charge in [0.05, 0.1) is 25.3 Å². The van der Waals surface area contributed by atoms with E-state index in [1.807, 2.05) is 40.1 Å². The molecule has 1 saturated carbocycles. The van der Waals surface area contributed by atoms with Crippen molar-refractivity contribution >= 4 is 17.5 Å². The maximum absolute atomic E-state index is 14.9. The van der Waals surface area contributed by atoms with E-state index in [-0.39, 0.29) is 48.5 Å². The molecule has 5 heterocycles. The number of ether oxygens (including phenoxy) is 2. The molecule has 4 saturated heterocycles. The fourth-order valence-electron chi connectivity index (χ4n) is 9.53. The van der Waals surface area contributed by atoms with E-state index < -0.39 is 5.60 Å². The molecular weight excluding hydrogens is 642 g/mol. The van der Waals surface area contributed by atoms with Crippen LogP contribution >= 0.6 is 0 Å². The average Bonchev–Trinajstić information content (AvgIpc) is 4.02. The lowest BCUT2D eigenvalue weighted by Gasteiger charge is -2.41. The number of hydrogen-bond acceptors (Lipinski definition) is 8. The van der Waals surface area contributed by atoms with Gasteiger partial charge in [0, 0.05) is 69.0 Å². The minimum absolute atomic E-state index is 0.0346. The maximum atomic E-state index is 14.9. The average molecular weight is 690 g/mol. The number of nitrogens with zero attached hydrogens (tertiary/aromatic N) is 5. The molecule has 266 valence electrons. The molecule has 2 amide bonds. The lowest BCUT2D eigenvalue weighted by molar-refractivity contribution is -0.174. The van der Waals surface area contributed by atoms with Crippen LogP contribution in [0.2, 0.25) is 0 Å². The number of rotatable bonds is 10. The van der Waals surface area contributed by atoms with E-state index in [2.05, 4.69) is 63.5 Å². The van der Waals surface area contributed by atoms with Crippen LogP contribution in [0.4, 0.5) is 0 Å². The predicted molar refractivity (Wildman–Crippen MR) is 192 cm³/mol. The first-order valence-electron chi connectivity index (χ1n) is 18.8. The quantitative estimate of drug-likeness (QED) is 0.282. The summed E-state index contributed by atoms with van der Waals surface area (Å²) in [5.41, 5.74) is 2.17. The number of likely N-dealkylation sites (tertiary alicyclic amines) is 4. The first kappa shape index (κ1) is 32.5. The van der Waals surface area contributed by atoms with Crippen molar-refractivity contribution in [1.29, 1.82) is 0 Å². The first-order valence-corrected chi connectivity index (χ1v) is 18.8. The molecule has 5 fully saturated rings. The summed E-state index contributed by atoms with van der Waals surface area (Å²) in [6.45, 7) is 4.46. The van der Waals surface area contributed by atoms with Crippen LogP contribution < -0.4 is 9.47 Å². The fraction of sp³-hybridized carbons (Fsp3) is 0.488. The largest absolute Gasteiger partial charge is 0.493 e. The molecule has 9 rings (SSSR count). The molecule has 3 aromatic rings. The summed E-state index contributed by atoms with van der Waals surface area (Å²) in [6, 6.07) is 27.3. The van der Waals surface area contributed by atoms with Crippen molar-refractivity contribution in [3.63, 3.8) is 0 Å². The van der Waals surface area contributed by atoms with Crippen molar-refractivity contribution in [2.45, 2.75) is 93.9 Å². The second-order valence-electron chi connectivity index (χ2n) is 15.4. The van der Waals surface area contributed by atoms with Crippen LogP contribution in [0.5, 0.6) is 11.5 Å². The van der Waals surface area contributed by atoms with Gasteiger partial charge in [-0.1, -0.05) is 65.8 Å². The van der Waals surface area contributed by atoms with Gasteiger partial charge >= 0.3 is 0 Å². The summed E-state index contributed by atoms with van der Waals surface area (Å²) in [6.07, 6.45) is 6.39. The highest BCUT2D eigenvalue weighted by atomic mass is 16.7. The van der Waals surface area contributed by atoms with Crippen LogP contribution in [-0.2, 0) is 27.5 Å². The van der Waals surface area contributed by atoms with Crippen molar-refractivity contribution in [1.82, 2.24) is 19.6 Å². The summed E-state index contributed by atoms with van der Waals surface area (Å²) in [4.78, 5) is 44.9. The van der Waals surface area contributed by atoms with Crippen LogP contribution in [0.3, 0.4) is 0 Å². The van der Waals surface area contributed by atoms with Gasteiger partial charge in [-0.15, -0.1) is 0 Å². The molecular formula is C41H47N5O5. The van der Waals surface area contributed by atoms with E-state index in [0.29, 0.717) is 30.3 Å². The van der Waals surface area contributed by atoms with Gasteiger partial charge < -0.3 is 24.1 Å². The number of piperazine rings is 2. The SMILES string of the molecule is COc1ccc(C2=NOC(C(=O)N3CC4CC3CN4Cc3ccccc3)(C(=O)N3CC4CC3CN4Cc3ccccc3)C2)cc1OC1CCCC1. The number of benzene rings is 3. The molecule has 0 radical (unpaired) electrons. The van der Waals surface area contributed by atoms with Gasteiger partial charge in [0.1, 0.15) is 0 Å². The minimum atomic E-state index is -1.73. The number of carbonyl (C=O) groups excluding carboxylic acids is 2. The van der Waals surface area contributed by atoms with Crippen molar-refractivity contribution in [2.75, 3.05) is 33.3 Å². The number of oxime groups is 1. The molecule has 3 aromatic carbocycles. The summed E-state index contributed by atoms with van der Waals surface area (Å²) in [7, 11) is 1.64. The van der Waals surface area contributed by atoms with Gasteiger partial charge in [-0.25, -0.2) is 0 Å². The molecule has 4 atom stereocenters. The molecule has 4 bridgehead atoms. The molecule has 0 spiro atoms. The van der Waals surface area contributed by atoms with Crippen LogP contribution in [0, 0.1) is 0 Å². The molecule has 1 aliphatic carbocycles. The zero-order valence-electron chi connectivity index (χ0n) is 29.4. The maximum Gasteiger partial charge on any atom is 0.297 e. The topological polar surface area (TPSA) is 87.1 Å². The lowest BCUT2D eigenvalue weighted by atomic mass is 9.90. The number of methoxy groups -OCH3 is 1. The molecule has 6 aliphatic rings. The van der Waals surface area contributed by atoms with Gasteiger partial charge in [-0.05, 0) is 67.9 Å². The second-order valence-corrected chi connectivity index (χ2v) is 15.4. The number of fused-ring (bicyclic) bond motifs is 4. The Morgan fingerprint density at radius 2 is 1.31 bits per heavy atom. The Hall–Kier alpha value is -4.41. The summed E-state index contributed by atoms with van der Waals surface area (Å²) >= 11 is 0. The standard InChI is InChI=1S/C41H47N5O5/c1-49-37-17-16-30(18-38(37)50-35-14-8-9-15-35)36-21-41(51-42-36,39(47)45-26-31-19-33(45)24-43(31)22-28-10-4-2-5-11-28)40(48)46-27-32-20-34(46)25-44(32)23-29-12-6-3-7-13-29/h2-7,10-13,16-18,31-35H,8-9,14-15,19-27H2,1H3. The zero-order valence-corrected chi connectivity index (χ0v) is 29.4. The van der Waals surface area contributed by atoms with Crippen molar-refractivity contribution in [3.05, 3.63) is 95.6 Å². The van der Waals surface area contributed by atoms with Crippen molar-refractivity contribution in [3.8, 4) is 11.5 Å². The number of carbonyl (C=O) groups is 2. The summed E-state index contributed by atoms with van der Waals surface area (Å²) in [5.74, 6) is 0.811. The number of hydrogen-bond donors (Lipinski definition) is 0. The molecule has 4 unspecified atom stereocenters. The molecule has 10 nitrogen and oxygen atoms in total. The second kappa shape index (κ2) is 13.3. The minimum Gasteiger partial charge on any atom is -0.493 e. The molecule has 51 heavy (non-hydrogen) atoms. The van der Waals surface area contributed by atoms with E-state index in [4.69, 9.17) is 14.3 Å². The summed E-state index contributed by atoms with van der Waals surface area (Å²) < 4.78 is 12.0. The molecule has 10 heteroatoms. The van der Waals surface area contributed by atoms with Crippen LogP contribution in [-0.4, -0.2) is 106 Å². The Labute approximate surface area is 299 Å². The van der Waals surface area contributed by atoms with Gasteiger partial charge in [-0.3, -0.25) is 19.4 Å². The molecule has 0 N–H and O–H groups in total. The molecule has 0 aromatic heterocycles. The van der Waals surface area contributed by atoms with E-state index in [0.717, 1.165) is 70.3 Å². The van der Waals surface area contributed by atoms with E-state index >= 15 is 0 Å². The van der Waals surface area contributed by atoms with Gasteiger partial charge in [-0.2, -0.15) is 0 Å². The predicted octanol–water partition coefficient (Wildman–Crippen LogP) is 4.85. The Kier molecular flexibility index (Phi) is 8.47. The highest BCUT2D eigenvalue weighted by Gasteiger charge is 2.62. The Morgan fingerprint density at radius 3 is 1.82 bits per heavy atom. The third kappa shape index (κ3) is 5.96. The van der Waals surface area contributed by atoms with E-state index in [1.165, 1.54) is 11.1 Å². The third-order valence-electron chi connectivity index (χ3n) is 12.2. The highest BCUT2D eigenvalue weighted by Crippen LogP contribution is 2.42. The van der Waals surface area contributed by atoms with Crippen LogP contribution in [0.1, 0.15) is 61.6 Å². The lowest BCUT2D eigenvalue weighted by Crippen LogP contribution is -2.64. The van der Waals surface area contributed by atoms with Crippen molar-refractivity contribution in [2.24, 2.45) is 5.16 Å².